The molecule has 2 nitrogen and oxygen atoms in total. The Morgan fingerprint density at radius 1 is 1.21 bits per heavy atom. The van der Waals surface area contributed by atoms with Crippen LogP contribution in [0.3, 0.4) is 0 Å². The first-order valence-electron chi connectivity index (χ1n) is 7.50. The van der Waals surface area contributed by atoms with Crippen molar-refractivity contribution in [1.29, 1.82) is 0 Å². The summed E-state index contributed by atoms with van der Waals surface area (Å²) in [5.74, 6) is 0. The van der Waals surface area contributed by atoms with Crippen molar-refractivity contribution >= 4 is 0 Å². The molecule has 0 heterocycles. The summed E-state index contributed by atoms with van der Waals surface area (Å²) >= 11 is 0. The van der Waals surface area contributed by atoms with Crippen LogP contribution < -0.4 is 5.32 Å². The van der Waals surface area contributed by atoms with E-state index in [9.17, 15) is 0 Å². The third-order valence-corrected chi connectivity index (χ3v) is 4.26. The molecule has 0 aliphatic heterocycles. The van der Waals surface area contributed by atoms with E-state index in [0.717, 1.165) is 19.1 Å². The van der Waals surface area contributed by atoms with Gasteiger partial charge in [0.1, 0.15) is 0 Å². The van der Waals surface area contributed by atoms with Crippen molar-refractivity contribution in [2.24, 2.45) is 0 Å². The molecule has 1 fully saturated rings. The second-order valence-corrected chi connectivity index (χ2v) is 6.20. The van der Waals surface area contributed by atoms with Crippen molar-refractivity contribution in [1.82, 2.24) is 10.2 Å². The van der Waals surface area contributed by atoms with Gasteiger partial charge in [0.2, 0.25) is 0 Å². The van der Waals surface area contributed by atoms with Crippen LogP contribution in [0.4, 0.5) is 0 Å². The van der Waals surface area contributed by atoms with Crippen molar-refractivity contribution in [3.05, 3.63) is 34.4 Å². The molecular weight excluding hydrogens is 232 g/mol. The second-order valence-electron chi connectivity index (χ2n) is 6.20. The molecule has 2 heteroatoms. The maximum atomic E-state index is 3.67. The van der Waals surface area contributed by atoms with Crippen LogP contribution >= 0.6 is 0 Å². The Kier molecular flexibility index (Phi) is 4.64. The zero-order valence-electron chi connectivity index (χ0n) is 13.1. The predicted molar refractivity (Wildman–Crippen MR) is 82.7 cm³/mol. The Labute approximate surface area is 118 Å². The van der Waals surface area contributed by atoms with E-state index in [1.807, 2.05) is 0 Å². The van der Waals surface area contributed by atoms with Gasteiger partial charge in [-0.05, 0) is 64.3 Å². The van der Waals surface area contributed by atoms with E-state index in [2.05, 4.69) is 57.1 Å². The largest absolute Gasteiger partial charge is 0.309 e. The van der Waals surface area contributed by atoms with Crippen molar-refractivity contribution in [3.8, 4) is 0 Å². The first kappa shape index (κ1) is 14.5. The number of likely N-dealkylation sites (N-methyl/N-ethyl adjacent to an activating group) is 1. The Morgan fingerprint density at radius 2 is 1.79 bits per heavy atom. The highest BCUT2D eigenvalue weighted by Crippen LogP contribution is 2.25. The number of hydrogen-bond donors (Lipinski definition) is 1. The molecule has 0 spiro atoms. The molecule has 1 atom stereocenters. The Balaban J connectivity index is 1.90. The Morgan fingerprint density at radius 3 is 2.32 bits per heavy atom. The SMILES string of the molecule is Cc1cc(C)c(C(C)NCCN(C)C2CC2)c(C)c1. The van der Waals surface area contributed by atoms with E-state index in [0.29, 0.717) is 6.04 Å². The van der Waals surface area contributed by atoms with Crippen LogP contribution in [-0.2, 0) is 0 Å². The van der Waals surface area contributed by atoms with E-state index in [-0.39, 0.29) is 0 Å². The smallest absolute Gasteiger partial charge is 0.0297 e. The lowest BCUT2D eigenvalue weighted by Crippen LogP contribution is -2.32. The van der Waals surface area contributed by atoms with Gasteiger partial charge in [0.15, 0.2) is 0 Å². The molecule has 0 amide bonds. The van der Waals surface area contributed by atoms with Crippen LogP contribution in [0, 0.1) is 20.8 Å². The van der Waals surface area contributed by atoms with E-state index in [4.69, 9.17) is 0 Å². The van der Waals surface area contributed by atoms with Gasteiger partial charge in [0.25, 0.3) is 0 Å². The molecule has 2 rings (SSSR count). The van der Waals surface area contributed by atoms with Crippen LogP contribution in [0.15, 0.2) is 12.1 Å². The third-order valence-electron chi connectivity index (χ3n) is 4.26. The lowest BCUT2D eigenvalue weighted by Gasteiger charge is -2.22. The van der Waals surface area contributed by atoms with Gasteiger partial charge in [-0.2, -0.15) is 0 Å². The number of benzene rings is 1. The summed E-state index contributed by atoms with van der Waals surface area (Å²) in [6.45, 7) is 11.1. The van der Waals surface area contributed by atoms with Crippen LogP contribution in [0.2, 0.25) is 0 Å². The molecule has 0 aromatic heterocycles. The molecule has 0 radical (unpaired) electrons. The standard InChI is InChI=1S/C17H28N2/c1-12-10-13(2)17(14(3)11-12)15(4)18-8-9-19(5)16-6-7-16/h10-11,15-16,18H,6-9H2,1-5H3. The van der Waals surface area contributed by atoms with Gasteiger partial charge < -0.3 is 10.2 Å². The molecule has 1 aliphatic carbocycles. The highest BCUT2D eigenvalue weighted by Gasteiger charge is 2.25. The fourth-order valence-electron chi connectivity index (χ4n) is 3.13. The number of nitrogens with one attached hydrogen (secondary N) is 1. The average Bonchev–Trinajstić information content (AvgIpc) is 3.10. The van der Waals surface area contributed by atoms with Gasteiger partial charge in [-0.25, -0.2) is 0 Å². The molecule has 0 saturated heterocycles. The molecule has 19 heavy (non-hydrogen) atoms. The van der Waals surface area contributed by atoms with Crippen molar-refractivity contribution < 1.29 is 0 Å². The van der Waals surface area contributed by atoms with Gasteiger partial charge in [0, 0.05) is 25.2 Å². The van der Waals surface area contributed by atoms with Crippen LogP contribution in [0.5, 0.6) is 0 Å². The molecule has 1 saturated carbocycles. The summed E-state index contributed by atoms with van der Waals surface area (Å²) in [6.07, 6.45) is 2.78. The highest BCUT2D eigenvalue weighted by atomic mass is 15.2. The maximum absolute atomic E-state index is 3.67. The fraction of sp³-hybridized carbons (Fsp3) is 0.647. The first-order valence-corrected chi connectivity index (χ1v) is 7.50. The quantitative estimate of drug-likeness (QED) is 0.844. The predicted octanol–water partition coefficient (Wildman–Crippen LogP) is 3.36. The monoisotopic (exact) mass is 260 g/mol. The number of aryl methyl sites for hydroxylation is 3. The lowest BCUT2D eigenvalue weighted by molar-refractivity contribution is 0.316. The zero-order chi connectivity index (χ0) is 14.0. The maximum Gasteiger partial charge on any atom is 0.0297 e. The summed E-state index contributed by atoms with van der Waals surface area (Å²) in [6, 6.07) is 5.88. The van der Waals surface area contributed by atoms with Crippen molar-refractivity contribution in [2.75, 3.05) is 20.1 Å². The normalized spacial score (nSPS) is 16.9. The molecular formula is C17H28N2. The Hall–Kier alpha value is -0.860. The summed E-state index contributed by atoms with van der Waals surface area (Å²) < 4.78 is 0. The summed E-state index contributed by atoms with van der Waals surface area (Å²) in [4.78, 5) is 2.48. The summed E-state index contributed by atoms with van der Waals surface area (Å²) in [5, 5.41) is 3.67. The van der Waals surface area contributed by atoms with Gasteiger partial charge in [-0.15, -0.1) is 0 Å². The minimum atomic E-state index is 0.438. The van der Waals surface area contributed by atoms with E-state index in [1.54, 1.807) is 0 Å². The summed E-state index contributed by atoms with van der Waals surface area (Å²) in [5.41, 5.74) is 5.65. The molecule has 0 bridgehead atoms. The highest BCUT2D eigenvalue weighted by molar-refractivity contribution is 5.39. The molecule has 1 aromatic carbocycles. The number of rotatable bonds is 6. The second kappa shape index (κ2) is 6.06. The van der Waals surface area contributed by atoms with Crippen LogP contribution in [-0.4, -0.2) is 31.1 Å². The van der Waals surface area contributed by atoms with Gasteiger partial charge >= 0.3 is 0 Å². The minimum absolute atomic E-state index is 0.438. The number of hydrogen-bond acceptors (Lipinski definition) is 2. The first-order chi connectivity index (χ1) is 8.99. The van der Waals surface area contributed by atoms with Crippen molar-refractivity contribution in [2.45, 2.75) is 52.6 Å². The molecule has 1 unspecified atom stereocenters. The average molecular weight is 260 g/mol. The van der Waals surface area contributed by atoms with E-state index < -0.39 is 0 Å². The van der Waals surface area contributed by atoms with E-state index >= 15 is 0 Å². The van der Waals surface area contributed by atoms with Crippen molar-refractivity contribution in [3.63, 3.8) is 0 Å². The van der Waals surface area contributed by atoms with Gasteiger partial charge in [-0.3, -0.25) is 0 Å². The minimum Gasteiger partial charge on any atom is -0.309 e. The zero-order valence-corrected chi connectivity index (χ0v) is 13.1. The molecule has 1 aromatic rings. The van der Waals surface area contributed by atoms with Crippen LogP contribution in [0.1, 0.15) is 48.1 Å². The number of nitrogens with zero attached hydrogens (tertiary/aromatic N) is 1. The van der Waals surface area contributed by atoms with Gasteiger partial charge in [-0.1, -0.05) is 17.7 Å². The fourth-order valence-corrected chi connectivity index (χ4v) is 3.13. The van der Waals surface area contributed by atoms with E-state index in [1.165, 1.54) is 35.1 Å². The Bertz CT molecular complexity index is 412. The lowest BCUT2D eigenvalue weighted by atomic mass is 9.95. The molecule has 1 N–H and O–H groups in total. The molecule has 106 valence electrons. The molecule has 1 aliphatic rings. The third kappa shape index (κ3) is 3.80. The topological polar surface area (TPSA) is 15.3 Å². The van der Waals surface area contributed by atoms with Crippen LogP contribution in [0.25, 0.3) is 0 Å². The summed E-state index contributed by atoms with van der Waals surface area (Å²) in [7, 11) is 2.24. The van der Waals surface area contributed by atoms with Gasteiger partial charge in [0.05, 0.1) is 0 Å².